The van der Waals surface area contributed by atoms with E-state index < -0.39 is 0 Å². The number of hydrogen-bond donors (Lipinski definition) is 0. The van der Waals surface area contributed by atoms with Crippen LogP contribution in [0.2, 0.25) is 0 Å². The summed E-state index contributed by atoms with van der Waals surface area (Å²) in [7, 11) is 0. The highest BCUT2D eigenvalue weighted by molar-refractivity contribution is 9.10. The molecule has 2 aromatic rings. The average Bonchev–Trinajstić information content (AvgIpc) is 2.39. The highest BCUT2D eigenvalue weighted by Gasteiger charge is 2.13. The van der Waals surface area contributed by atoms with Gasteiger partial charge in [0, 0.05) is 14.3 Å². The molecule has 100 valence electrons. The Hall–Kier alpha value is -0.190. The van der Waals surface area contributed by atoms with E-state index in [-0.39, 0.29) is 5.82 Å². The molecule has 1 atom stereocenters. The maximum absolute atomic E-state index is 13.1. The molecule has 0 N–H and O–H groups in total. The molecule has 2 rings (SSSR count). The van der Waals surface area contributed by atoms with Crippen molar-refractivity contribution in [3.8, 4) is 0 Å². The van der Waals surface area contributed by atoms with Gasteiger partial charge in [-0.3, -0.25) is 0 Å². The van der Waals surface area contributed by atoms with Crippen molar-refractivity contribution in [1.82, 2.24) is 0 Å². The van der Waals surface area contributed by atoms with Crippen LogP contribution in [0.25, 0.3) is 0 Å². The zero-order valence-corrected chi connectivity index (χ0v) is 14.8. The van der Waals surface area contributed by atoms with Gasteiger partial charge < -0.3 is 0 Å². The van der Waals surface area contributed by atoms with Gasteiger partial charge in [-0.15, -0.1) is 0 Å². The molecule has 19 heavy (non-hydrogen) atoms. The minimum atomic E-state index is -0.213. The fourth-order valence-corrected chi connectivity index (χ4v) is 3.33. The molecule has 0 aliphatic heterocycles. The van der Waals surface area contributed by atoms with Crippen molar-refractivity contribution < 1.29 is 4.39 Å². The van der Waals surface area contributed by atoms with Crippen LogP contribution in [0.1, 0.15) is 17.0 Å². The summed E-state index contributed by atoms with van der Waals surface area (Å²) in [6, 6.07) is 13.2. The number of alkyl halides is 1. The summed E-state index contributed by atoms with van der Waals surface area (Å²) in [5.41, 5.74) is 2.39. The lowest BCUT2D eigenvalue weighted by Crippen LogP contribution is -2.05. The summed E-state index contributed by atoms with van der Waals surface area (Å²) in [5, 5.41) is 0.873. The second kappa shape index (κ2) is 7.00. The van der Waals surface area contributed by atoms with Crippen molar-refractivity contribution in [2.24, 2.45) is 0 Å². The summed E-state index contributed by atoms with van der Waals surface area (Å²) < 4.78 is 15.0. The third kappa shape index (κ3) is 4.14. The van der Waals surface area contributed by atoms with Crippen LogP contribution in [0.5, 0.6) is 0 Å². The zero-order chi connectivity index (χ0) is 13.8. The Kier molecular flexibility index (Phi) is 5.60. The smallest absolute Gasteiger partial charge is 0.124 e. The maximum atomic E-state index is 13.1. The largest absolute Gasteiger partial charge is 0.207 e. The Morgan fingerprint density at radius 3 is 2.26 bits per heavy atom. The number of benzene rings is 2. The molecular weight excluding hydrogens is 439 g/mol. The molecule has 0 spiro atoms. The molecule has 0 saturated carbocycles. The van der Waals surface area contributed by atoms with Gasteiger partial charge in [0.2, 0.25) is 0 Å². The third-order valence-corrected chi connectivity index (χ3v) is 5.06. The average molecular weight is 451 g/mol. The summed E-state index contributed by atoms with van der Waals surface area (Å²) >= 11 is 10.4. The van der Waals surface area contributed by atoms with Crippen LogP contribution >= 0.6 is 47.8 Å². The van der Waals surface area contributed by atoms with E-state index in [1.807, 2.05) is 18.2 Å². The Labute approximate surface area is 137 Å². The molecule has 4 heteroatoms. The lowest BCUT2D eigenvalue weighted by molar-refractivity contribution is 0.625. The van der Waals surface area contributed by atoms with E-state index in [0.29, 0.717) is 5.92 Å². The Morgan fingerprint density at radius 1 is 1.00 bits per heavy atom. The minimum Gasteiger partial charge on any atom is -0.207 e. The highest BCUT2D eigenvalue weighted by atomic mass is 79.9. The van der Waals surface area contributed by atoms with Crippen LogP contribution < -0.4 is 0 Å². The fraction of sp³-hybridized carbons (Fsp3) is 0.200. The van der Waals surface area contributed by atoms with Crippen molar-refractivity contribution in [3.63, 3.8) is 0 Å². The maximum Gasteiger partial charge on any atom is 0.124 e. The predicted octanol–water partition coefficient (Wildman–Crippen LogP) is 6.07. The van der Waals surface area contributed by atoms with Gasteiger partial charge in [0.05, 0.1) is 0 Å². The van der Waals surface area contributed by atoms with Crippen molar-refractivity contribution in [3.05, 3.63) is 68.4 Å². The summed E-state index contributed by atoms with van der Waals surface area (Å²) in [5.74, 6) is 0.157. The first-order valence-electron chi connectivity index (χ1n) is 5.85. The zero-order valence-electron chi connectivity index (χ0n) is 10.0. The molecule has 1 unspecified atom stereocenters. The molecule has 0 aliphatic rings. The SMILES string of the molecule is Fc1ccc(CC(CBr)c2ccc(Br)cc2)c(Br)c1. The normalized spacial score (nSPS) is 12.4. The fourth-order valence-electron chi connectivity index (χ4n) is 1.95. The van der Waals surface area contributed by atoms with E-state index in [1.54, 1.807) is 0 Å². The predicted molar refractivity (Wildman–Crippen MR) is 88.5 cm³/mol. The molecular formula is C15H12Br3F. The van der Waals surface area contributed by atoms with Gasteiger partial charge in [-0.1, -0.05) is 66.0 Å². The van der Waals surface area contributed by atoms with Crippen LogP contribution in [0.3, 0.4) is 0 Å². The van der Waals surface area contributed by atoms with Crippen LogP contribution in [0.15, 0.2) is 51.4 Å². The lowest BCUT2D eigenvalue weighted by atomic mass is 9.94. The first kappa shape index (κ1) is 15.2. The quantitative estimate of drug-likeness (QED) is 0.496. The van der Waals surface area contributed by atoms with Crippen LogP contribution in [-0.4, -0.2) is 5.33 Å². The van der Waals surface area contributed by atoms with Crippen molar-refractivity contribution in [2.45, 2.75) is 12.3 Å². The molecule has 2 aromatic carbocycles. The first-order valence-corrected chi connectivity index (χ1v) is 8.56. The topological polar surface area (TPSA) is 0 Å². The Balaban J connectivity index is 2.21. The summed E-state index contributed by atoms with van der Waals surface area (Å²) in [4.78, 5) is 0. The van der Waals surface area contributed by atoms with Crippen molar-refractivity contribution >= 4 is 47.8 Å². The molecule has 0 nitrogen and oxygen atoms in total. The van der Waals surface area contributed by atoms with Gasteiger partial charge in [0.1, 0.15) is 5.82 Å². The van der Waals surface area contributed by atoms with Gasteiger partial charge in [-0.2, -0.15) is 0 Å². The Bertz CT molecular complexity index is 552. The van der Waals surface area contributed by atoms with E-state index >= 15 is 0 Å². The Morgan fingerprint density at radius 2 is 1.68 bits per heavy atom. The molecule has 0 bridgehead atoms. The summed E-state index contributed by atoms with van der Waals surface area (Å²) in [6.07, 6.45) is 0.869. The second-order valence-electron chi connectivity index (χ2n) is 4.34. The molecule has 0 saturated heterocycles. The standard InChI is InChI=1S/C15H12Br3F/c16-9-12(10-1-4-13(17)5-2-10)7-11-3-6-14(19)8-15(11)18/h1-6,8,12H,7,9H2. The van der Waals surface area contributed by atoms with Gasteiger partial charge in [0.25, 0.3) is 0 Å². The highest BCUT2D eigenvalue weighted by Crippen LogP contribution is 2.28. The number of halogens is 4. The monoisotopic (exact) mass is 448 g/mol. The number of hydrogen-bond acceptors (Lipinski definition) is 0. The third-order valence-electron chi connectivity index (χ3n) is 3.01. The van der Waals surface area contributed by atoms with Crippen molar-refractivity contribution in [1.29, 1.82) is 0 Å². The summed E-state index contributed by atoms with van der Waals surface area (Å²) in [6.45, 7) is 0. The van der Waals surface area contributed by atoms with Crippen molar-refractivity contribution in [2.75, 3.05) is 5.33 Å². The van der Waals surface area contributed by atoms with E-state index in [4.69, 9.17) is 0 Å². The van der Waals surface area contributed by atoms with Gasteiger partial charge >= 0.3 is 0 Å². The van der Waals surface area contributed by atoms with E-state index in [1.165, 1.54) is 17.7 Å². The first-order chi connectivity index (χ1) is 9.10. The lowest BCUT2D eigenvalue weighted by Gasteiger charge is -2.16. The molecule has 0 heterocycles. The molecule has 0 aromatic heterocycles. The minimum absolute atomic E-state index is 0.213. The van der Waals surface area contributed by atoms with Crippen LogP contribution in [0.4, 0.5) is 4.39 Å². The van der Waals surface area contributed by atoms with E-state index in [2.05, 4.69) is 59.9 Å². The second-order valence-corrected chi connectivity index (χ2v) is 6.76. The van der Waals surface area contributed by atoms with Crippen LogP contribution in [-0.2, 0) is 6.42 Å². The number of rotatable bonds is 4. The van der Waals surface area contributed by atoms with E-state index in [0.717, 1.165) is 26.3 Å². The van der Waals surface area contributed by atoms with Gasteiger partial charge in [-0.05, 0) is 47.7 Å². The molecule has 0 fully saturated rings. The molecule has 0 amide bonds. The van der Waals surface area contributed by atoms with E-state index in [9.17, 15) is 4.39 Å². The van der Waals surface area contributed by atoms with Gasteiger partial charge in [0.15, 0.2) is 0 Å². The molecule has 0 radical (unpaired) electrons. The molecule has 0 aliphatic carbocycles. The van der Waals surface area contributed by atoms with Crippen LogP contribution in [0, 0.1) is 5.82 Å². The van der Waals surface area contributed by atoms with Gasteiger partial charge in [-0.25, -0.2) is 4.39 Å².